The summed E-state index contributed by atoms with van der Waals surface area (Å²) < 4.78 is 42.0. The van der Waals surface area contributed by atoms with Crippen LogP contribution in [-0.4, -0.2) is 56.5 Å². The SMILES string of the molecule is COC(C)(C)CCNCC1CCN(CC(F)(F)F)C1. The third-order valence-electron chi connectivity index (χ3n) is 3.66. The van der Waals surface area contributed by atoms with Gasteiger partial charge in [-0.25, -0.2) is 0 Å². The van der Waals surface area contributed by atoms with Gasteiger partial charge in [0, 0.05) is 13.7 Å². The smallest absolute Gasteiger partial charge is 0.379 e. The van der Waals surface area contributed by atoms with E-state index in [0.717, 1.165) is 25.9 Å². The van der Waals surface area contributed by atoms with Crippen molar-refractivity contribution >= 4 is 0 Å². The summed E-state index contributed by atoms with van der Waals surface area (Å²) in [6.45, 7) is 5.98. The predicted molar refractivity (Wildman–Crippen MR) is 69.2 cm³/mol. The molecule has 0 radical (unpaired) electrons. The van der Waals surface area contributed by atoms with Gasteiger partial charge in [-0.05, 0) is 52.2 Å². The quantitative estimate of drug-likeness (QED) is 0.725. The normalized spacial score (nSPS) is 22.1. The maximum absolute atomic E-state index is 12.2. The third-order valence-corrected chi connectivity index (χ3v) is 3.66. The van der Waals surface area contributed by atoms with Crippen molar-refractivity contribution in [1.82, 2.24) is 10.2 Å². The van der Waals surface area contributed by atoms with Crippen LogP contribution in [0.3, 0.4) is 0 Å². The molecule has 0 aromatic rings. The second-order valence-corrected chi connectivity index (χ2v) is 5.92. The van der Waals surface area contributed by atoms with Crippen LogP contribution in [0.1, 0.15) is 26.7 Å². The molecular weight excluding hydrogens is 257 g/mol. The Balaban J connectivity index is 2.12. The molecule has 0 aromatic carbocycles. The van der Waals surface area contributed by atoms with Gasteiger partial charge in [0.2, 0.25) is 0 Å². The van der Waals surface area contributed by atoms with Gasteiger partial charge in [0.05, 0.1) is 12.1 Å². The predicted octanol–water partition coefficient (Wildman–Crippen LogP) is 2.28. The molecule has 1 saturated heterocycles. The maximum Gasteiger partial charge on any atom is 0.401 e. The largest absolute Gasteiger partial charge is 0.401 e. The van der Waals surface area contributed by atoms with Gasteiger partial charge < -0.3 is 10.1 Å². The van der Waals surface area contributed by atoms with Crippen LogP contribution in [-0.2, 0) is 4.74 Å². The summed E-state index contributed by atoms with van der Waals surface area (Å²) in [6, 6.07) is 0. The number of likely N-dealkylation sites (tertiary alicyclic amines) is 1. The van der Waals surface area contributed by atoms with Gasteiger partial charge in [-0.2, -0.15) is 13.2 Å². The number of methoxy groups -OCH3 is 1. The molecule has 1 rings (SSSR count). The Kier molecular flexibility index (Phi) is 6.08. The van der Waals surface area contributed by atoms with Crippen LogP contribution >= 0.6 is 0 Å². The first kappa shape index (κ1) is 16.7. The minimum atomic E-state index is -4.08. The van der Waals surface area contributed by atoms with Gasteiger partial charge in [-0.3, -0.25) is 4.90 Å². The summed E-state index contributed by atoms with van der Waals surface area (Å²) in [5.74, 6) is 0.327. The van der Waals surface area contributed by atoms with Crippen LogP contribution in [0.25, 0.3) is 0 Å². The van der Waals surface area contributed by atoms with Crippen molar-refractivity contribution in [1.29, 1.82) is 0 Å². The molecule has 3 nitrogen and oxygen atoms in total. The van der Waals surface area contributed by atoms with Crippen LogP contribution in [0.2, 0.25) is 0 Å². The lowest BCUT2D eigenvalue weighted by atomic mass is 10.0. The molecule has 1 aliphatic heterocycles. The molecule has 0 aliphatic carbocycles. The Morgan fingerprint density at radius 2 is 2.00 bits per heavy atom. The van der Waals surface area contributed by atoms with Crippen molar-refractivity contribution in [3.63, 3.8) is 0 Å². The number of halogens is 3. The zero-order valence-corrected chi connectivity index (χ0v) is 12.0. The van der Waals surface area contributed by atoms with E-state index in [0.29, 0.717) is 19.0 Å². The summed E-state index contributed by atoms with van der Waals surface area (Å²) in [5, 5.41) is 3.31. The summed E-state index contributed by atoms with van der Waals surface area (Å²) in [7, 11) is 1.69. The molecule has 19 heavy (non-hydrogen) atoms. The lowest BCUT2D eigenvalue weighted by molar-refractivity contribution is -0.143. The fourth-order valence-electron chi connectivity index (χ4n) is 2.27. The van der Waals surface area contributed by atoms with Crippen molar-refractivity contribution < 1.29 is 17.9 Å². The molecule has 6 heteroatoms. The fourth-order valence-corrected chi connectivity index (χ4v) is 2.27. The third kappa shape index (κ3) is 7.13. The van der Waals surface area contributed by atoms with E-state index in [2.05, 4.69) is 5.32 Å². The number of ether oxygens (including phenoxy) is 1. The molecule has 0 spiro atoms. The average Bonchev–Trinajstić information content (AvgIpc) is 2.70. The van der Waals surface area contributed by atoms with E-state index < -0.39 is 12.7 Å². The highest BCUT2D eigenvalue weighted by atomic mass is 19.4. The second-order valence-electron chi connectivity index (χ2n) is 5.92. The molecule has 0 aromatic heterocycles. The van der Waals surface area contributed by atoms with Crippen molar-refractivity contribution in [2.45, 2.75) is 38.5 Å². The number of nitrogens with zero attached hydrogens (tertiary/aromatic N) is 1. The monoisotopic (exact) mass is 282 g/mol. The Morgan fingerprint density at radius 3 is 2.58 bits per heavy atom. The lowest BCUT2D eigenvalue weighted by Gasteiger charge is -2.23. The second kappa shape index (κ2) is 6.90. The van der Waals surface area contributed by atoms with Gasteiger partial charge in [0.25, 0.3) is 0 Å². The number of hydrogen-bond donors (Lipinski definition) is 1. The maximum atomic E-state index is 12.2. The van der Waals surface area contributed by atoms with Crippen LogP contribution in [0.4, 0.5) is 13.2 Å². The van der Waals surface area contributed by atoms with Crippen molar-refractivity contribution in [3.05, 3.63) is 0 Å². The number of nitrogens with one attached hydrogen (secondary N) is 1. The van der Waals surface area contributed by atoms with E-state index in [4.69, 9.17) is 4.74 Å². The Labute approximate surface area is 113 Å². The summed E-state index contributed by atoms with van der Waals surface area (Å²) in [5.41, 5.74) is -0.148. The Morgan fingerprint density at radius 1 is 1.32 bits per heavy atom. The first-order chi connectivity index (χ1) is 8.72. The zero-order chi connectivity index (χ0) is 14.5. The van der Waals surface area contributed by atoms with Gasteiger partial charge in [0.1, 0.15) is 0 Å². The molecule has 114 valence electrons. The summed E-state index contributed by atoms with van der Waals surface area (Å²) in [6.07, 6.45) is -2.34. The minimum Gasteiger partial charge on any atom is -0.379 e. The number of rotatable bonds is 7. The molecule has 0 amide bonds. The molecule has 1 heterocycles. The molecular formula is C13H25F3N2O. The topological polar surface area (TPSA) is 24.5 Å². The van der Waals surface area contributed by atoms with Crippen molar-refractivity contribution in [2.75, 3.05) is 39.8 Å². The van der Waals surface area contributed by atoms with Crippen LogP contribution in [0.5, 0.6) is 0 Å². The Hall–Kier alpha value is -0.330. The van der Waals surface area contributed by atoms with E-state index in [-0.39, 0.29) is 5.60 Å². The Bertz CT molecular complexity index is 269. The lowest BCUT2D eigenvalue weighted by Crippen LogP contribution is -2.34. The van der Waals surface area contributed by atoms with Crippen LogP contribution < -0.4 is 5.32 Å². The average molecular weight is 282 g/mol. The molecule has 1 atom stereocenters. The van der Waals surface area contributed by atoms with Crippen LogP contribution in [0, 0.1) is 5.92 Å². The van der Waals surface area contributed by atoms with E-state index in [9.17, 15) is 13.2 Å². The van der Waals surface area contributed by atoms with E-state index >= 15 is 0 Å². The molecule has 0 bridgehead atoms. The van der Waals surface area contributed by atoms with Crippen LogP contribution in [0.15, 0.2) is 0 Å². The molecule has 1 N–H and O–H groups in total. The summed E-state index contributed by atoms with van der Waals surface area (Å²) in [4.78, 5) is 1.49. The number of hydrogen-bond acceptors (Lipinski definition) is 3. The molecule has 0 saturated carbocycles. The molecule has 1 aliphatic rings. The van der Waals surface area contributed by atoms with E-state index in [1.165, 1.54) is 4.90 Å². The highest BCUT2D eigenvalue weighted by molar-refractivity contribution is 4.79. The fraction of sp³-hybridized carbons (Fsp3) is 1.00. The highest BCUT2D eigenvalue weighted by Gasteiger charge is 2.34. The van der Waals surface area contributed by atoms with E-state index in [1.54, 1.807) is 7.11 Å². The van der Waals surface area contributed by atoms with Gasteiger partial charge in [-0.15, -0.1) is 0 Å². The van der Waals surface area contributed by atoms with Crippen molar-refractivity contribution in [3.8, 4) is 0 Å². The first-order valence-electron chi connectivity index (χ1n) is 6.77. The highest BCUT2D eigenvalue weighted by Crippen LogP contribution is 2.22. The summed E-state index contributed by atoms with van der Waals surface area (Å²) >= 11 is 0. The van der Waals surface area contributed by atoms with E-state index in [1.807, 2.05) is 13.8 Å². The van der Waals surface area contributed by atoms with Crippen molar-refractivity contribution in [2.24, 2.45) is 5.92 Å². The zero-order valence-electron chi connectivity index (χ0n) is 12.0. The minimum absolute atomic E-state index is 0.148. The van der Waals surface area contributed by atoms with Gasteiger partial charge in [0.15, 0.2) is 0 Å². The number of alkyl halides is 3. The van der Waals surface area contributed by atoms with Gasteiger partial charge >= 0.3 is 6.18 Å². The molecule has 1 fully saturated rings. The van der Waals surface area contributed by atoms with Gasteiger partial charge in [-0.1, -0.05) is 0 Å². The standard InChI is InChI=1S/C13H25F3N2O/c1-12(2,19-3)5-6-17-8-11-4-7-18(9-11)10-13(14,15)16/h11,17H,4-10H2,1-3H3. The first-order valence-corrected chi connectivity index (χ1v) is 6.77. The molecule has 1 unspecified atom stereocenters.